The highest BCUT2D eigenvalue weighted by atomic mass is 16.5. The minimum Gasteiger partial charge on any atom is -0.390 e. The van der Waals surface area contributed by atoms with Crippen LogP contribution in [0.1, 0.15) is 81.1 Å². The van der Waals surface area contributed by atoms with Gasteiger partial charge in [0.1, 0.15) is 0 Å². The van der Waals surface area contributed by atoms with Gasteiger partial charge in [-0.15, -0.1) is 0 Å². The van der Waals surface area contributed by atoms with Crippen molar-refractivity contribution in [2.45, 2.75) is 97.9 Å². The van der Waals surface area contributed by atoms with Crippen LogP contribution in [-0.4, -0.2) is 48.3 Å². The first kappa shape index (κ1) is 24.6. The fraction of sp³-hybridized carbons (Fsp3) is 0.905. The van der Waals surface area contributed by atoms with Gasteiger partial charge in [0, 0.05) is 13.0 Å². The molecular weight excluding hydrogens is 316 g/mol. The van der Waals surface area contributed by atoms with E-state index in [2.05, 4.69) is 26.8 Å². The van der Waals surface area contributed by atoms with Gasteiger partial charge in [-0.2, -0.15) is 0 Å². The summed E-state index contributed by atoms with van der Waals surface area (Å²) in [6.07, 6.45) is 5.25. The average Bonchev–Trinajstić information content (AvgIpc) is 2.54. The highest BCUT2D eigenvalue weighted by Crippen LogP contribution is 2.26. The Balaban J connectivity index is 4.04. The molecule has 0 aliphatic heterocycles. The highest BCUT2D eigenvalue weighted by Gasteiger charge is 2.29. The lowest BCUT2D eigenvalue weighted by molar-refractivity contribution is -0.0974. The molecule has 25 heavy (non-hydrogen) atoms. The third-order valence-corrected chi connectivity index (χ3v) is 4.95. The molecule has 0 aliphatic carbocycles. The fourth-order valence-electron chi connectivity index (χ4n) is 2.58. The summed E-state index contributed by atoms with van der Waals surface area (Å²) in [5, 5.41) is 10.2. The Bertz CT molecular complexity index is 387. The summed E-state index contributed by atoms with van der Waals surface area (Å²) in [7, 11) is 0. The number of ether oxygens (including phenoxy) is 3. The quantitative estimate of drug-likeness (QED) is 0.355. The number of aliphatic hydroxyl groups is 1. The highest BCUT2D eigenvalue weighted by molar-refractivity contribution is 4.96. The molecule has 0 heterocycles. The third-order valence-electron chi connectivity index (χ3n) is 4.95. The standard InChI is InChI=1S/C21H42O4/c1-9-18(4)16-25-21(8,11-3)12-13-23-14-15-24-19(5,6)17-20(7,22)10-2/h9,22H,10-17H2,1-8H3/b18-9+. The molecule has 0 aromatic rings. The van der Waals surface area contributed by atoms with Gasteiger partial charge in [-0.1, -0.05) is 25.5 Å². The van der Waals surface area contributed by atoms with Crippen molar-refractivity contribution in [1.82, 2.24) is 0 Å². The van der Waals surface area contributed by atoms with E-state index in [1.54, 1.807) is 0 Å². The van der Waals surface area contributed by atoms with E-state index in [4.69, 9.17) is 14.2 Å². The molecule has 2 unspecified atom stereocenters. The number of hydrogen-bond acceptors (Lipinski definition) is 4. The Hall–Kier alpha value is -0.420. The zero-order chi connectivity index (χ0) is 19.6. The molecule has 0 saturated heterocycles. The largest absolute Gasteiger partial charge is 0.390 e. The van der Waals surface area contributed by atoms with Crippen LogP contribution >= 0.6 is 0 Å². The van der Waals surface area contributed by atoms with Crippen LogP contribution in [0.2, 0.25) is 0 Å². The number of allylic oxidation sites excluding steroid dienone is 1. The van der Waals surface area contributed by atoms with Crippen LogP contribution < -0.4 is 0 Å². The van der Waals surface area contributed by atoms with Crippen molar-refractivity contribution in [2.75, 3.05) is 26.4 Å². The van der Waals surface area contributed by atoms with Gasteiger partial charge in [-0.3, -0.25) is 0 Å². The van der Waals surface area contributed by atoms with Crippen LogP contribution in [0.3, 0.4) is 0 Å². The van der Waals surface area contributed by atoms with Gasteiger partial charge in [0.2, 0.25) is 0 Å². The van der Waals surface area contributed by atoms with E-state index in [1.807, 2.05) is 34.6 Å². The lowest BCUT2D eigenvalue weighted by Gasteiger charge is -2.33. The van der Waals surface area contributed by atoms with Crippen molar-refractivity contribution in [3.63, 3.8) is 0 Å². The van der Waals surface area contributed by atoms with Gasteiger partial charge in [0.25, 0.3) is 0 Å². The van der Waals surface area contributed by atoms with Crippen molar-refractivity contribution < 1.29 is 19.3 Å². The molecular formula is C21H42O4. The molecule has 150 valence electrons. The van der Waals surface area contributed by atoms with Crippen LogP contribution in [0.5, 0.6) is 0 Å². The minimum atomic E-state index is -0.685. The van der Waals surface area contributed by atoms with E-state index < -0.39 is 5.60 Å². The minimum absolute atomic E-state index is 0.149. The summed E-state index contributed by atoms with van der Waals surface area (Å²) in [6, 6.07) is 0. The van der Waals surface area contributed by atoms with Crippen molar-refractivity contribution in [2.24, 2.45) is 0 Å². The van der Waals surface area contributed by atoms with E-state index in [0.717, 1.165) is 19.3 Å². The molecule has 0 bridgehead atoms. The Morgan fingerprint density at radius 1 is 0.960 bits per heavy atom. The number of rotatable bonds is 14. The average molecular weight is 359 g/mol. The van der Waals surface area contributed by atoms with Crippen LogP contribution in [0.25, 0.3) is 0 Å². The first-order valence-electron chi connectivity index (χ1n) is 9.69. The lowest BCUT2D eigenvalue weighted by atomic mass is 9.89. The van der Waals surface area contributed by atoms with Gasteiger partial charge in [0.15, 0.2) is 0 Å². The molecule has 2 atom stereocenters. The fourth-order valence-corrected chi connectivity index (χ4v) is 2.58. The molecule has 0 saturated carbocycles. The first-order valence-corrected chi connectivity index (χ1v) is 9.69. The predicted molar refractivity (Wildman–Crippen MR) is 105 cm³/mol. The molecule has 0 amide bonds. The van der Waals surface area contributed by atoms with Crippen LogP contribution in [0, 0.1) is 0 Å². The molecule has 0 radical (unpaired) electrons. The molecule has 0 fully saturated rings. The first-order chi connectivity index (χ1) is 11.5. The molecule has 0 aromatic carbocycles. The lowest BCUT2D eigenvalue weighted by Crippen LogP contribution is -2.37. The molecule has 0 rings (SSSR count). The molecule has 0 spiro atoms. The van der Waals surface area contributed by atoms with Crippen molar-refractivity contribution in [3.05, 3.63) is 11.6 Å². The summed E-state index contributed by atoms with van der Waals surface area (Å²) in [4.78, 5) is 0. The van der Waals surface area contributed by atoms with Crippen molar-refractivity contribution >= 4 is 0 Å². The normalized spacial score (nSPS) is 18.0. The van der Waals surface area contributed by atoms with Gasteiger partial charge in [-0.05, 0) is 60.8 Å². The van der Waals surface area contributed by atoms with E-state index in [0.29, 0.717) is 32.8 Å². The Labute approximate surface area is 155 Å². The third kappa shape index (κ3) is 11.7. The maximum Gasteiger partial charge on any atom is 0.0707 e. The molecule has 1 N–H and O–H groups in total. The van der Waals surface area contributed by atoms with Crippen LogP contribution in [-0.2, 0) is 14.2 Å². The maximum atomic E-state index is 10.2. The Morgan fingerprint density at radius 2 is 1.60 bits per heavy atom. The number of hydrogen-bond donors (Lipinski definition) is 1. The van der Waals surface area contributed by atoms with Crippen LogP contribution in [0.15, 0.2) is 11.6 Å². The van der Waals surface area contributed by atoms with Gasteiger partial charge < -0.3 is 19.3 Å². The Morgan fingerprint density at radius 3 is 2.12 bits per heavy atom. The Kier molecular flexibility index (Phi) is 11.1. The van der Waals surface area contributed by atoms with Gasteiger partial charge in [0.05, 0.1) is 36.6 Å². The summed E-state index contributed by atoms with van der Waals surface area (Å²) in [5.41, 5.74) is 0.0626. The summed E-state index contributed by atoms with van der Waals surface area (Å²) >= 11 is 0. The monoisotopic (exact) mass is 358 g/mol. The zero-order valence-electron chi connectivity index (χ0n) is 17.9. The SMILES string of the molecule is C/C=C(\C)COC(C)(CC)CCOCCOC(C)(C)CC(C)(O)CC. The zero-order valence-corrected chi connectivity index (χ0v) is 17.9. The summed E-state index contributed by atoms with van der Waals surface area (Å²) < 4.78 is 17.7. The molecule has 4 heteroatoms. The van der Waals surface area contributed by atoms with E-state index in [-0.39, 0.29) is 11.2 Å². The van der Waals surface area contributed by atoms with E-state index in [1.165, 1.54) is 5.57 Å². The smallest absolute Gasteiger partial charge is 0.0707 e. The van der Waals surface area contributed by atoms with Crippen molar-refractivity contribution in [3.8, 4) is 0 Å². The van der Waals surface area contributed by atoms with Gasteiger partial charge in [-0.25, -0.2) is 0 Å². The second kappa shape index (κ2) is 11.3. The second-order valence-corrected chi connectivity index (χ2v) is 8.22. The van der Waals surface area contributed by atoms with Gasteiger partial charge >= 0.3 is 0 Å². The van der Waals surface area contributed by atoms with E-state index in [9.17, 15) is 5.11 Å². The topological polar surface area (TPSA) is 47.9 Å². The maximum absolute atomic E-state index is 10.2. The molecule has 0 aromatic heterocycles. The summed E-state index contributed by atoms with van der Waals surface area (Å²) in [5.74, 6) is 0. The molecule has 0 aliphatic rings. The van der Waals surface area contributed by atoms with E-state index >= 15 is 0 Å². The second-order valence-electron chi connectivity index (χ2n) is 8.22. The van der Waals surface area contributed by atoms with Crippen LogP contribution in [0.4, 0.5) is 0 Å². The van der Waals surface area contributed by atoms with Crippen molar-refractivity contribution in [1.29, 1.82) is 0 Å². The predicted octanol–water partition coefficient (Wildman–Crippen LogP) is 4.89. The summed E-state index contributed by atoms with van der Waals surface area (Å²) in [6.45, 7) is 18.7. The molecule has 4 nitrogen and oxygen atoms in total.